The molecule has 0 radical (unpaired) electrons. The minimum atomic E-state index is -3.90. The number of ketones is 1. The summed E-state index contributed by atoms with van der Waals surface area (Å²) in [6.45, 7) is -0.626. The summed E-state index contributed by atoms with van der Waals surface area (Å²) in [5.74, 6) is -0.723. The molecular weight excluding hydrogens is 593 g/mol. The lowest BCUT2D eigenvalue weighted by molar-refractivity contribution is -0.149. The molecule has 0 fully saturated rings. The number of rotatable bonds is 16. The highest BCUT2D eigenvalue weighted by atomic mass is 32.2. The minimum Gasteiger partial charge on any atom is -0.491 e. The molecule has 16 heteroatoms. The van der Waals surface area contributed by atoms with Crippen molar-refractivity contribution < 1.29 is 41.3 Å². The second kappa shape index (κ2) is 14.3. The Morgan fingerprint density at radius 3 is 2.69 bits per heavy atom. The maximum absolute atomic E-state index is 12.7. The molecule has 2 heterocycles. The van der Waals surface area contributed by atoms with Crippen LogP contribution >= 0.6 is 11.3 Å². The Morgan fingerprint density at radius 2 is 1.93 bits per heavy atom. The van der Waals surface area contributed by atoms with E-state index in [-0.39, 0.29) is 49.5 Å². The molecule has 42 heavy (non-hydrogen) atoms. The summed E-state index contributed by atoms with van der Waals surface area (Å²) in [5, 5.41) is 13.1. The van der Waals surface area contributed by atoms with Gasteiger partial charge in [-0.05, 0) is 35.9 Å². The van der Waals surface area contributed by atoms with Gasteiger partial charge in [0.15, 0.2) is 5.78 Å². The van der Waals surface area contributed by atoms with Crippen molar-refractivity contribution in [3.63, 3.8) is 0 Å². The largest absolute Gasteiger partial charge is 0.491 e. The normalized spacial score (nSPS) is 12.3. The summed E-state index contributed by atoms with van der Waals surface area (Å²) in [6.07, 6.45) is 1.41. The molecule has 0 aliphatic rings. The third-order valence-electron chi connectivity index (χ3n) is 5.74. The maximum atomic E-state index is 12.7. The molecule has 2 N–H and O–H groups in total. The number of fused-ring (bicyclic) bond motifs is 1. The van der Waals surface area contributed by atoms with Gasteiger partial charge in [0.1, 0.15) is 43.6 Å². The van der Waals surface area contributed by atoms with E-state index >= 15 is 0 Å². The van der Waals surface area contributed by atoms with Crippen LogP contribution in [0.1, 0.15) is 17.7 Å². The SMILES string of the molecule is COC(=O)[C@H](COCc1cccc(OCCF)c1)CC(=O)Cn1cc(COc2ccc3nc(S(N)(=O)=O)sc3c2)nn1. The zero-order valence-electron chi connectivity index (χ0n) is 22.5. The smallest absolute Gasteiger partial charge is 0.311 e. The lowest BCUT2D eigenvalue weighted by Gasteiger charge is -2.14. The Hall–Kier alpha value is -3.99. The summed E-state index contributed by atoms with van der Waals surface area (Å²) in [7, 11) is -2.67. The molecule has 0 bridgehead atoms. The van der Waals surface area contributed by atoms with Gasteiger partial charge in [-0.1, -0.05) is 17.3 Å². The number of nitrogens with zero attached hydrogens (tertiary/aromatic N) is 4. The molecule has 1 atom stereocenters. The molecule has 2 aromatic carbocycles. The van der Waals surface area contributed by atoms with Gasteiger partial charge in [0.05, 0.1) is 42.7 Å². The van der Waals surface area contributed by atoms with Gasteiger partial charge in [0, 0.05) is 6.42 Å². The standard InChI is InChI=1S/C26H28FN5O8S2/c1-37-25(34)18(15-38-14-17-3-2-4-21(9-17)39-8-7-27)10-20(33)13-32-12-19(30-31-32)16-40-22-5-6-23-24(11-22)41-26(29-23)42(28,35)36/h2-6,9,11-12,18H,7-8,10,13-16H2,1H3,(H2,28,35,36)/t18-/m0/s1. The molecule has 13 nitrogen and oxygen atoms in total. The average Bonchev–Trinajstić information content (AvgIpc) is 3.61. The number of carbonyl (C=O) groups excluding carboxylic acids is 2. The van der Waals surface area contributed by atoms with Gasteiger partial charge in [-0.25, -0.2) is 27.6 Å². The Balaban J connectivity index is 1.27. The number of primary sulfonamides is 1. The lowest BCUT2D eigenvalue weighted by atomic mass is 10.0. The summed E-state index contributed by atoms with van der Waals surface area (Å²) < 4.78 is 58.6. The molecule has 0 saturated carbocycles. The van der Waals surface area contributed by atoms with Crippen molar-refractivity contribution >= 4 is 43.3 Å². The molecule has 0 saturated heterocycles. The number of hydrogen-bond donors (Lipinski definition) is 1. The quantitative estimate of drug-likeness (QED) is 0.182. The number of nitrogens with two attached hydrogens (primary N) is 1. The van der Waals surface area contributed by atoms with Gasteiger partial charge in [0.2, 0.25) is 4.34 Å². The molecular formula is C26H28FN5O8S2. The highest BCUT2D eigenvalue weighted by Gasteiger charge is 2.24. The first-order chi connectivity index (χ1) is 20.1. The van der Waals surface area contributed by atoms with E-state index in [1.54, 1.807) is 48.7 Å². The summed E-state index contributed by atoms with van der Waals surface area (Å²) >= 11 is 0.934. The minimum absolute atomic E-state index is 0.0409. The topological polar surface area (TPSA) is 175 Å². The molecule has 0 amide bonds. The number of hydrogen-bond acceptors (Lipinski definition) is 12. The molecule has 0 unspecified atom stereocenters. The number of thiazole rings is 1. The molecule has 0 aliphatic carbocycles. The van der Waals surface area contributed by atoms with Crippen molar-refractivity contribution in [3.05, 3.63) is 59.9 Å². The Labute approximate surface area is 244 Å². The predicted molar refractivity (Wildman–Crippen MR) is 148 cm³/mol. The van der Waals surface area contributed by atoms with Crippen LogP contribution in [0, 0.1) is 5.92 Å². The molecule has 224 valence electrons. The van der Waals surface area contributed by atoms with Crippen LogP contribution < -0.4 is 14.6 Å². The van der Waals surface area contributed by atoms with Crippen LogP contribution in [0.25, 0.3) is 10.2 Å². The van der Waals surface area contributed by atoms with Crippen molar-refractivity contribution in [3.8, 4) is 11.5 Å². The maximum Gasteiger partial charge on any atom is 0.311 e. The van der Waals surface area contributed by atoms with E-state index in [0.717, 1.165) is 16.9 Å². The molecule has 0 spiro atoms. The second-order valence-electron chi connectivity index (χ2n) is 9.01. The first-order valence-corrected chi connectivity index (χ1v) is 14.9. The van der Waals surface area contributed by atoms with E-state index in [9.17, 15) is 22.4 Å². The number of carbonyl (C=O) groups is 2. The third-order valence-corrected chi connectivity index (χ3v) is 8.07. The number of methoxy groups -OCH3 is 1. The van der Waals surface area contributed by atoms with Crippen LogP contribution in [-0.4, -0.2) is 67.1 Å². The van der Waals surface area contributed by atoms with Crippen LogP contribution in [0.5, 0.6) is 11.5 Å². The molecule has 4 rings (SSSR count). The van der Waals surface area contributed by atoms with Crippen LogP contribution in [0.4, 0.5) is 4.39 Å². The fourth-order valence-electron chi connectivity index (χ4n) is 3.83. The Kier molecular flexibility index (Phi) is 10.5. The Bertz CT molecular complexity index is 1640. The fourth-order valence-corrected chi connectivity index (χ4v) is 5.52. The van der Waals surface area contributed by atoms with Crippen molar-refractivity contribution in [1.82, 2.24) is 20.0 Å². The molecule has 0 aliphatic heterocycles. The van der Waals surface area contributed by atoms with Crippen molar-refractivity contribution in [2.24, 2.45) is 11.1 Å². The number of aromatic nitrogens is 4. The van der Waals surface area contributed by atoms with E-state index in [2.05, 4.69) is 15.3 Å². The number of Topliss-reactive ketones (excluding diaryl/α,β-unsaturated/α-hetero) is 1. The van der Waals surface area contributed by atoms with E-state index in [1.807, 2.05) is 0 Å². The van der Waals surface area contributed by atoms with Crippen LogP contribution in [0.15, 0.2) is 53.0 Å². The average molecular weight is 622 g/mol. The Morgan fingerprint density at radius 1 is 1.12 bits per heavy atom. The van der Waals surface area contributed by atoms with Gasteiger partial charge < -0.3 is 18.9 Å². The first-order valence-electron chi connectivity index (χ1n) is 12.5. The number of esters is 1. The van der Waals surface area contributed by atoms with Crippen molar-refractivity contribution in [2.75, 3.05) is 27.0 Å². The zero-order valence-corrected chi connectivity index (χ0v) is 24.1. The number of halogens is 1. The monoisotopic (exact) mass is 621 g/mol. The van der Waals surface area contributed by atoms with Crippen molar-refractivity contribution in [2.45, 2.75) is 30.5 Å². The highest BCUT2D eigenvalue weighted by Crippen LogP contribution is 2.28. The summed E-state index contributed by atoms with van der Waals surface area (Å²) in [6, 6.07) is 11.9. The summed E-state index contributed by atoms with van der Waals surface area (Å²) in [4.78, 5) is 29.0. The van der Waals surface area contributed by atoms with Gasteiger partial charge in [-0.15, -0.1) is 16.4 Å². The fraction of sp³-hybridized carbons (Fsp3) is 0.346. The highest BCUT2D eigenvalue weighted by molar-refractivity contribution is 7.91. The lowest BCUT2D eigenvalue weighted by Crippen LogP contribution is -2.26. The number of benzene rings is 2. The number of sulfonamides is 1. The predicted octanol–water partition coefficient (Wildman–Crippen LogP) is 2.43. The second-order valence-corrected chi connectivity index (χ2v) is 11.8. The summed E-state index contributed by atoms with van der Waals surface area (Å²) in [5.41, 5.74) is 1.69. The van der Waals surface area contributed by atoms with Crippen molar-refractivity contribution in [1.29, 1.82) is 0 Å². The zero-order chi connectivity index (χ0) is 30.1. The molecule has 4 aromatic rings. The van der Waals surface area contributed by atoms with Crippen LogP contribution in [0.2, 0.25) is 0 Å². The molecule has 2 aromatic heterocycles. The first kappa shape index (κ1) is 31.0. The van der Waals surface area contributed by atoms with Crippen LogP contribution in [-0.2, 0) is 48.8 Å². The van der Waals surface area contributed by atoms with Gasteiger partial charge >= 0.3 is 5.97 Å². The van der Waals surface area contributed by atoms with Crippen LogP contribution in [0.3, 0.4) is 0 Å². The van der Waals surface area contributed by atoms with E-state index in [0.29, 0.717) is 27.4 Å². The van der Waals surface area contributed by atoms with Gasteiger partial charge in [0.25, 0.3) is 10.0 Å². The number of alkyl halides is 1. The van der Waals surface area contributed by atoms with E-state index in [1.165, 1.54) is 11.8 Å². The van der Waals surface area contributed by atoms with E-state index < -0.39 is 28.6 Å². The van der Waals surface area contributed by atoms with Gasteiger partial charge in [-0.3, -0.25) is 9.59 Å². The number of ether oxygens (including phenoxy) is 4. The third kappa shape index (κ3) is 8.75. The van der Waals surface area contributed by atoms with E-state index in [4.69, 9.17) is 24.1 Å². The van der Waals surface area contributed by atoms with Gasteiger partial charge in [-0.2, -0.15) is 0 Å².